The third-order valence-corrected chi connectivity index (χ3v) is 4.26. The topological polar surface area (TPSA) is 49.3 Å². The molecule has 0 aliphatic heterocycles. The number of carbonyl (C=O) groups is 1. The van der Waals surface area contributed by atoms with Gasteiger partial charge in [0.05, 0.1) is 6.42 Å². The highest BCUT2D eigenvalue weighted by molar-refractivity contribution is 7.12. The molecule has 100 valence electrons. The molecule has 0 fully saturated rings. The molecule has 0 bridgehead atoms. The molecule has 0 aliphatic rings. The minimum absolute atomic E-state index is 0.0842. The van der Waals surface area contributed by atoms with Crippen molar-refractivity contribution in [3.63, 3.8) is 0 Å². The van der Waals surface area contributed by atoms with Crippen molar-refractivity contribution in [2.75, 3.05) is 5.32 Å². The van der Waals surface area contributed by atoms with E-state index in [1.54, 1.807) is 0 Å². The summed E-state index contributed by atoms with van der Waals surface area (Å²) in [6, 6.07) is 9.56. The lowest BCUT2D eigenvalue weighted by molar-refractivity contribution is -0.136. The van der Waals surface area contributed by atoms with Gasteiger partial charge < -0.3 is 10.4 Å². The van der Waals surface area contributed by atoms with E-state index in [1.807, 2.05) is 37.3 Å². The summed E-state index contributed by atoms with van der Waals surface area (Å²) in [6.45, 7) is 2.64. The van der Waals surface area contributed by atoms with Crippen molar-refractivity contribution < 1.29 is 9.90 Å². The minimum atomic E-state index is -0.799. The number of halogens is 1. The van der Waals surface area contributed by atoms with Crippen molar-refractivity contribution in [1.29, 1.82) is 0 Å². The van der Waals surface area contributed by atoms with Crippen LogP contribution in [0.15, 0.2) is 30.3 Å². The number of carboxylic acid groups (broad SMARTS) is 1. The molecular weight excluding hydrogens is 282 g/mol. The molecule has 1 heterocycles. The lowest BCUT2D eigenvalue weighted by Crippen LogP contribution is -1.99. The first-order valence-corrected chi connectivity index (χ1v) is 7.04. The number of nitrogens with one attached hydrogen (secondary N) is 1. The number of hydrogen-bond acceptors (Lipinski definition) is 3. The van der Waals surface area contributed by atoms with Crippen LogP contribution in [0.2, 0.25) is 5.02 Å². The Bertz CT molecular complexity index is 595. The van der Waals surface area contributed by atoms with Gasteiger partial charge >= 0.3 is 5.97 Å². The van der Waals surface area contributed by atoms with E-state index in [0.29, 0.717) is 6.54 Å². The number of rotatable bonds is 5. The van der Waals surface area contributed by atoms with Crippen molar-refractivity contribution in [2.24, 2.45) is 0 Å². The van der Waals surface area contributed by atoms with Gasteiger partial charge in [-0.1, -0.05) is 17.7 Å². The fraction of sp³-hybridized carbons (Fsp3) is 0.214. The van der Waals surface area contributed by atoms with Crippen molar-refractivity contribution in [2.45, 2.75) is 19.9 Å². The maximum absolute atomic E-state index is 10.6. The zero-order valence-electron chi connectivity index (χ0n) is 10.4. The SMILES string of the molecule is Cc1c(Cl)cccc1NCc1ccc(CC(=O)O)s1. The normalized spacial score (nSPS) is 10.4. The maximum Gasteiger partial charge on any atom is 0.308 e. The highest BCUT2D eigenvalue weighted by Gasteiger charge is 2.06. The highest BCUT2D eigenvalue weighted by Crippen LogP contribution is 2.24. The van der Waals surface area contributed by atoms with Crippen LogP contribution in [0.3, 0.4) is 0 Å². The predicted octanol–water partition coefficient (Wildman–Crippen LogP) is 3.95. The van der Waals surface area contributed by atoms with Crippen LogP contribution in [0.1, 0.15) is 15.3 Å². The molecule has 0 radical (unpaired) electrons. The molecule has 2 aromatic rings. The molecule has 0 saturated heterocycles. The van der Waals surface area contributed by atoms with E-state index in [-0.39, 0.29) is 6.42 Å². The van der Waals surface area contributed by atoms with E-state index in [2.05, 4.69) is 5.32 Å². The van der Waals surface area contributed by atoms with Gasteiger partial charge in [-0.15, -0.1) is 11.3 Å². The molecule has 19 heavy (non-hydrogen) atoms. The summed E-state index contributed by atoms with van der Waals surface area (Å²) in [5, 5.41) is 12.8. The van der Waals surface area contributed by atoms with Gasteiger partial charge in [0.15, 0.2) is 0 Å². The Morgan fingerprint density at radius 1 is 1.32 bits per heavy atom. The first-order valence-electron chi connectivity index (χ1n) is 5.84. The van der Waals surface area contributed by atoms with E-state index >= 15 is 0 Å². The van der Waals surface area contributed by atoms with Crippen LogP contribution in [0.4, 0.5) is 5.69 Å². The average Bonchev–Trinajstić information content (AvgIpc) is 2.78. The van der Waals surface area contributed by atoms with Crippen molar-refractivity contribution in [3.8, 4) is 0 Å². The summed E-state index contributed by atoms with van der Waals surface area (Å²) < 4.78 is 0. The molecule has 5 heteroatoms. The molecule has 1 aromatic heterocycles. The van der Waals surface area contributed by atoms with E-state index in [4.69, 9.17) is 16.7 Å². The van der Waals surface area contributed by atoms with Crippen molar-refractivity contribution in [1.82, 2.24) is 0 Å². The number of thiophene rings is 1. The second-order valence-electron chi connectivity index (χ2n) is 4.20. The van der Waals surface area contributed by atoms with Gasteiger partial charge in [-0.05, 0) is 36.8 Å². The van der Waals surface area contributed by atoms with Gasteiger partial charge in [-0.25, -0.2) is 0 Å². The molecule has 0 spiro atoms. The van der Waals surface area contributed by atoms with Crippen LogP contribution in [0.25, 0.3) is 0 Å². The average molecular weight is 296 g/mol. The molecule has 0 atom stereocenters. The summed E-state index contributed by atoms with van der Waals surface area (Å²) in [5.41, 5.74) is 2.02. The smallest absolute Gasteiger partial charge is 0.308 e. The molecular formula is C14H14ClNO2S. The first-order chi connectivity index (χ1) is 9.06. The lowest BCUT2D eigenvalue weighted by Gasteiger charge is -2.09. The van der Waals surface area contributed by atoms with Crippen molar-refractivity contribution >= 4 is 34.6 Å². The second kappa shape index (κ2) is 6.08. The van der Waals surface area contributed by atoms with Gasteiger partial charge in [-0.2, -0.15) is 0 Å². The molecule has 3 nitrogen and oxygen atoms in total. The monoisotopic (exact) mass is 295 g/mol. The minimum Gasteiger partial charge on any atom is -0.481 e. The number of anilines is 1. The van der Waals surface area contributed by atoms with Crippen LogP contribution >= 0.6 is 22.9 Å². The molecule has 0 saturated carbocycles. The molecule has 2 N–H and O–H groups in total. The molecule has 0 aliphatic carbocycles. The lowest BCUT2D eigenvalue weighted by atomic mass is 10.2. The Balaban J connectivity index is 2.00. The van der Waals surface area contributed by atoms with Crippen molar-refractivity contribution in [3.05, 3.63) is 50.7 Å². The first kappa shape index (κ1) is 13.9. The molecule has 0 amide bonds. The quantitative estimate of drug-likeness (QED) is 0.878. The summed E-state index contributed by atoms with van der Waals surface area (Å²) in [7, 11) is 0. The third-order valence-electron chi connectivity index (χ3n) is 2.76. The molecule has 2 rings (SSSR count). The van der Waals surface area contributed by atoms with Gasteiger partial charge in [0, 0.05) is 27.0 Å². The summed E-state index contributed by atoms with van der Waals surface area (Å²) in [4.78, 5) is 12.6. The number of aliphatic carboxylic acids is 1. The zero-order valence-corrected chi connectivity index (χ0v) is 12.0. The zero-order chi connectivity index (χ0) is 13.8. The Labute approximate surface area is 120 Å². The van der Waals surface area contributed by atoms with Crippen LogP contribution in [-0.2, 0) is 17.8 Å². The fourth-order valence-electron chi connectivity index (χ4n) is 1.74. The Hall–Kier alpha value is -1.52. The van der Waals surface area contributed by atoms with Gasteiger partial charge in [0.25, 0.3) is 0 Å². The van der Waals surface area contributed by atoms with Gasteiger partial charge in [-0.3, -0.25) is 4.79 Å². The van der Waals surface area contributed by atoms with E-state index < -0.39 is 5.97 Å². The van der Waals surface area contributed by atoms with Gasteiger partial charge in [0.2, 0.25) is 0 Å². The maximum atomic E-state index is 10.6. The van der Waals surface area contributed by atoms with E-state index in [9.17, 15) is 4.79 Å². The highest BCUT2D eigenvalue weighted by atomic mass is 35.5. The van der Waals surface area contributed by atoms with Crippen LogP contribution in [0.5, 0.6) is 0 Å². The number of benzene rings is 1. The fourth-order valence-corrected chi connectivity index (χ4v) is 2.87. The Kier molecular flexibility index (Phi) is 4.45. The molecule has 0 unspecified atom stereocenters. The van der Waals surface area contributed by atoms with Crippen LogP contribution in [0, 0.1) is 6.92 Å². The molecule has 1 aromatic carbocycles. The second-order valence-corrected chi connectivity index (χ2v) is 5.86. The van der Waals surface area contributed by atoms with E-state index in [1.165, 1.54) is 11.3 Å². The Morgan fingerprint density at radius 2 is 2.05 bits per heavy atom. The van der Waals surface area contributed by atoms with Crippen LogP contribution in [-0.4, -0.2) is 11.1 Å². The number of carboxylic acids is 1. The summed E-state index contributed by atoms with van der Waals surface area (Å²) in [6.07, 6.45) is 0.0842. The largest absolute Gasteiger partial charge is 0.481 e. The van der Waals surface area contributed by atoms with Crippen LogP contribution < -0.4 is 5.32 Å². The Morgan fingerprint density at radius 3 is 2.79 bits per heavy atom. The summed E-state index contributed by atoms with van der Waals surface area (Å²) in [5.74, 6) is -0.799. The number of hydrogen-bond donors (Lipinski definition) is 2. The summed E-state index contributed by atoms with van der Waals surface area (Å²) >= 11 is 7.57. The predicted molar refractivity (Wildman–Crippen MR) is 79.2 cm³/mol. The standard InChI is InChI=1S/C14H14ClNO2S/c1-9-12(15)3-2-4-13(9)16-8-11-6-5-10(19-11)7-14(17)18/h2-6,16H,7-8H2,1H3,(H,17,18). The van der Waals surface area contributed by atoms with E-state index in [0.717, 1.165) is 26.0 Å². The van der Waals surface area contributed by atoms with Gasteiger partial charge in [0.1, 0.15) is 0 Å². The third kappa shape index (κ3) is 3.72.